The highest BCUT2D eigenvalue weighted by Gasteiger charge is 2.34. The number of rotatable bonds is 9. The number of hydrogen-bond acceptors (Lipinski definition) is 5. The predicted octanol–water partition coefficient (Wildman–Crippen LogP) is 7.83. The maximum absolute atomic E-state index is 13.7. The first-order chi connectivity index (χ1) is 21.7. The highest BCUT2D eigenvalue weighted by Crippen LogP contribution is 2.48. The van der Waals surface area contributed by atoms with Crippen LogP contribution in [0.15, 0.2) is 72.8 Å². The highest BCUT2D eigenvalue weighted by molar-refractivity contribution is 6.05. The van der Waals surface area contributed by atoms with Crippen molar-refractivity contribution in [3.05, 3.63) is 95.5 Å². The molecular weight excluding hydrogens is 550 g/mol. The van der Waals surface area contributed by atoms with Crippen LogP contribution >= 0.6 is 0 Å². The average molecular weight is 590 g/mol. The molecule has 0 bridgehead atoms. The lowest BCUT2D eigenvalue weighted by molar-refractivity contribution is 0.0513. The van der Waals surface area contributed by atoms with Gasteiger partial charge in [0.05, 0.1) is 37.6 Å². The first-order valence-corrected chi connectivity index (χ1v) is 15.9. The second-order valence-electron chi connectivity index (χ2n) is 11.6. The normalized spacial score (nSPS) is 15.6. The molecule has 0 N–H and O–H groups in total. The molecule has 1 aliphatic heterocycles. The molecule has 2 aliphatic rings. The maximum Gasteiger partial charge on any atom is 0.355 e. The summed E-state index contributed by atoms with van der Waals surface area (Å²) in [6.07, 6.45) is 7.92. The van der Waals surface area contributed by atoms with E-state index in [1.807, 2.05) is 37.3 Å². The van der Waals surface area contributed by atoms with Crippen molar-refractivity contribution in [3.63, 3.8) is 0 Å². The number of allylic oxidation sites excluding steroid dienone is 1. The topological polar surface area (TPSA) is 67.5 Å². The van der Waals surface area contributed by atoms with Crippen LogP contribution < -0.4 is 4.74 Å². The fourth-order valence-corrected chi connectivity index (χ4v) is 6.71. The van der Waals surface area contributed by atoms with E-state index in [-0.39, 0.29) is 5.97 Å². The number of carbonyl (C=O) groups excluding carboxylic acids is 1. The lowest BCUT2D eigenvalue weighted by Gasteiger charge is -2.13. The molecule has 1 fully saturated rings. The van der Waals surface area contributed by atoms with Crippen molar-refractivity contribution in [2.75, 3.05) is 19.8 Å². The highest BCUT2D eigenvalue weighted by atomic mass is 16.5. The number of fused-ring (bicyclic) bond motifs is 3. The minimum Gasteiger partial charge on any atom is -0.493 e. The molecule has 7 nitrogen and oxygen atoms in total. The standard InChI is InChI=1S/C37H39N3O4/c1-3-40-34(26-19-20-26)33-30-16-10-15-28-29(17-11-23-44-32-18-9-13-25-12-5-6-14-27(25)32)36(37(41)43-4-2)39(35(28)30)21-7-8-22-42-24-31(33)38-40/h5-10,12-16,18,26H,3-4,11,17,19-24H2,1-2H3/b8-7-. The third-order valence-electron chi connectivity index (χ3n) is 8.74. The Labute approximate surface area is 258 Å². The fraction of sp³-hybridized carbons (Fsp3) is 0.351. The number of para-hydroxylation sites is 1. The first-order valence-electron chi connectivity index (χ1n) is 15.9. The van der Waals surface area contributed by atoms with E-state index in [1.54, 1.807) is 0 Å². The molecule has 0 saturated heterocycles. The van der Waals surface area contributed by atoms with Crippen molar-refractivity contribution in [1.29, 1.82) is 0 Å². The fourth-order valence-electron chi connectivity index (χ4n) is 6.71. The van der Waals surface area contributed by atoms with Crippen molar-refractivity contribution in [2.24, 2.45) is 0 Å². The molecule has 1 saturated carbocycles. The second-order valence-corrected chi connectivity index (χ2v) is 11.6. The Bertz CT molecular complexity index is 1850. The lowest BCUT2D eigenvalue weighted by atomic mass is 9.96. The molecule has 226 valence electrons. The molecule has 0 amide bonds. The molecule has 5 aromatic rings. The Morgan fingerprint density at radius 2 is 1.82 bits per heavy atom. The SMILES string of the molecule is CCOC(=O)c1c(CCCOc2cccc3ccccc23)c2cccc3c2n1C/C=C\COCc1nn(CC)c(C2CC2)c1-3. The zero-order valence-electron chi connectivity index (χ0n) is 25.6. The minimum atomic E-state index is -0.286. The van der Waals surface area contributed by atoms with E-state index in [0.29, 0.717) is 51.0 Å². The van der Waals surface area contributed by atoms with Gasteiger partial charge in [-0.1, -0.05) is 66.7 Å². The van der Waals surface area contributed by atoms with Crippen LogP contribution in [0, 0.1) is 0 Å². The number of ether oxygens (including phenoxy) is 3. The molecule has 0 spiro atoms. The van der Waals surface area contributed by atoms with E-state index in [2.05, 4.69) is 58.6 Å². The van der Waals surface area contributed by atoms with Gasteiger partial charge >= 0.3 is 5.97 Å². The van der Waals surface area contributed by atoms with E-state index < -0.39 is 0 Å². The summed E-state index contributed by atoms with van der Waals surface area (Å²) in [4.78, 5) is 13.7. The molecular formula is C37H39N3O4. The summed E-state index contributed by atoms with van der Waals surface area (Å²) in [5.74, 6) is 1.10. The summed E-state index contributed by atoms with van der Waals surface area (Å²) in [7, 11) is 0. The zero-order valence-corrected chi connectivity index (χ0v) is 25.6. The molecule has 0 radical (unpaired) electrons. The number of hydrogen-bond donors (Lipinski definition) is 0. The van der Waals surface area contributed by atoms with Gasteiger partial charge in [0, 0.05) is 46.6 Å². The van der Waals surface area contributed by atoms with Gasteiger partial charge in [-0.3, -0.25) is 4.68 Å². The maximum atomic E-state index is 13.7. The monoisotopic (exact) mass is 589 g/mol. The van der Waals surface area contributed by atoms with Gasteiger partial charge < -0.3 is 18.8 Å². The van der Waals surface area contributed by atoms with Crippen LogP contribution in [0.5, 0.6) is 5.75 Å². The Kier molecular flexibility index (Phi) is 7.96. The number of aromatic nitrogens is 3. The Morgan fingerprint density at radius 1 is 1.00 bits per heavy atom. The van der Waals surface area contributed by atoms with Crippen molar-refractivity contribution < 1.29 is 19.0 Å². The molecule has 3 aromatic carbocycles. The minimum absolute atomic E-state index is 0.286. The molecule has 3 heterocycles. The van der Waals surface area contributed by atoms with Gasteiger partial charge in [0.15, 0.2) is 0 Å². The number of carbonyl (C=O) groups is 1. The van der Waals surface area contributed by atoms with Crippen molar-refractivity contribution in [1.82, 2.24) is 14.3 Å². The largest absolute Gasteiger partial charge is 0.493 e. The van der Waals surface area contributed by atoms with E-state index in [0.717, 1.165) is 57.2 Å². The molecule has 0 atom stereocenters. The van der Waals surface area contributed by atoms with E-state index in [9.17, 15) is 4.79 Å². The molecule has 7 rings (SSSR count). The van der Waals surface area contributed by atoms with Crippen molar-refractivity contribution in [2.45, 2.75) is 65.1 Å². The predicted molar refractivity (Wildman–Crippen MR) is 173 cm³/mol. The van der Waals surface area contributed by atoms with Gasteiger partial charge in [-0.05, 0) is 56.5 Å². The Hall–Kier alpha value is -4.36. The molecule has 1 aliphatic carbocycles. The number of benzene rings is 3. The summed E-state index contributed by atoms with van der Waals surface area (Å²) in [6.45, 7) is 7.18. The lowest BCUT2D eigenvalue weighted by Crippen LogP contribution is -2.14. The van der Waals surface area contributed by atoms with Crippen LogP contribution in [0.25, 0.3) is 32.8 Å². The average Bonchev–Trinajstić information content (AvgIpc) is 3.75. The quantitative estimate of drug-likeness (QED) is 0.0996. The number of nitrogens with zero attached hydrogens (tertiary/aromatic N) is 3. The molecule has 44 heavy (non-hydrogen) atoms. The van der Waals surface area contributed by atoms with Crippen LogP contribution in [0.3, 0.4) is 0 Å². The van der Waals surface area contributed by atoms with Gasteiger partial charge in [0.1, 0.15) is 11.4 Å². The third kappa shape index (κ3) is 5.19. The second kappa shape index (κ2) is 12.3. The van der Waals surface area contributed by atoms with E-state index in [4.69, 9.17) is 19.3 Å². The van der Waals surface area contributed by atoms with Crippen molar-refractivity contribution >= 4 is 27.6 Å². The van der Waals surface area contributed by atoms with Crippen molar-refractivity contribution in [3.8, 4) is 16.9 Å². The smallest absolute Gasteiger partial charge is 0.355 e. The van der Waals surface area contributed by atoms with E-state index >= 15 is 0 Å². The zero-order chi connectivity index (χ0) is 30.0. The Morgan fingerprint density at radius 3 is 2.66 bits per heavy atom. The van der Waals surface area contributed by atoms with Gasteiger partial charge in [-0.15, -0.1) is 0 Å². The summed E-state index contributed by atoms with van der Waals surface area (Å²) < 4.78 is 22.4. The van der Waals surface area contributed by atoms with Gasteiger partial charge in [-0.2, -0.15) is 5.10 Å². The van der Waals surface area contributed by atoms with E-state index in [1.165, 1.54) is 24.1 Å². The summed E-state index contributed by atoms with van der Waals surface area (Å²) in [6, 6.07) is 20.9. The summed E-state index contributed by atoms with van der Waals surface area (Å²) in [5, 5.41) is 8.40. The van der Waals surface area contributed by atoms with Crippen LogP contribution in [0.2, 0.25) is 0 Å². The van der Waals surface area contributed by atoms with Gasteiger partial charge in [0.25, 0.3) is 0 Å². The van der Waals surface area contributed by atoms with Crippen LogP contribution in [0.4, 0.5) is 0 Å². The molecule has 7 heteroatoms. The van der Waals surface area contributed by atoms with Crippen LogP contribution in [-0.2, 0) is 35.6 Å². The third-order valence-corrected chi connectivity index (χ3v) is 8.74. The number of esters is 1. The first kappa shape index (κ1) is 28.4. The summed E-state index contributed by atoms with van der Waals surface area (Å²) in [5.41, 5.74) is 7.24. The van der Waals surface area contributed by atoms with Gasteiger partial charge in [-0.25, -0.2) is 4.79 Å². The van der Waals surface area contributed by atoms with Crippen LogP contribution in [-0.4, -0.2) is 40.1 Å². The molecule has 2 aromatic heterocycles. The van der Waals surface area contributed by atoms with Crippen LogP contribution in [0.1, 0.15) is 66.5 Å². The summed E-state index contributed by atoms with van der Waals surface area (Å²) >= 11 is 0. The number of aryl methyl sites for hydroxylation is 2. The Balaban J connectivity index is 1.33. The molecule has 0 unspecified atom stereocenters. The van der Waals surface area contributed by atoms with Gasteiger partial charge in [0.2, 0.25) is 0 Å².